The summed E-state index contributed by atoms with van der Waals surface area (Å²) in [6, 6.07) is 15.1. The molecule has 34 heavy (non-hydrogen) atoms. The molecular weight excluding hydrogens is 432 g/mol. The molecule has 9 nitrogen and oxygen atoms in total. The zero-order valence-corrected chi connectivity index (χ0v) is 18.7. The summed E-state index contributed by atoms with van der Waals surface area (Å²) in [5, 5.41) is 23.9. The zero-order valence-electron chi connectivity index (χ0n) is 18.7. The van der Waals surface area contributed by atoms with Crippen molar-refractivity contribution in [2.75, 3.05) is 0 Å². The van der Waals surface area contributed by atoms with E-state index in [0.29, 0.717) is 30.8 Å². The Hall–Kier alpha value is -4.27. The molecule has 0 spiro atoms. The van der Waals surface area contributed by atoms with E-state index in [-0.39, 0.29) is 5.56 Å². The molecule has 3 heterocycles. The van der Waals surface area contributed by atoms with Gasteiger partial charge in [0.25, 0.3) is 5.56 Å². The number of hydrogen-bond acceptors (Lipinski definition) is 5. The average Bonchev–Trinajstić information content (AvgIpc) is 3.48. The van der Waals surface area contributed by atoms with Crippen LogP contribution >= 0.6 is 0 Å². The lowest BCUT2D eigenvalue weighted by atomic mass is 9.96. The first kappa shape index (κ1) is 21.6. The van der Waals surface area contributed by atoms with Gasteiger partial charge in [0.2, 0.25) is 0 Å². The van der Waals surface area contributed by atoms with Gasteiger partial charge < -0.3 is 5.11 Å². The van der Waals surface area contributed by atoms with Crippen LogP contribution in [0.15, 0.2) is 65.5 Å². The minimum atomic E-state index is -0.964. The van der Waals surface area contributed by atoms with Crippen LogP contribution in [0.4, 0.5) is 0 Å². The molecule has 1 aliphatic rings. The number of tetrazole rings is 1. The number of H-pyrrole nitrogens is 1. The second-order valence-electron chi connectivity index (χ2n) is 8.29. The van der Waals surface area contributed by atoms with Gasteiger partial charge in [-0.2, -0.15) is 0 Å². The maximum Gasteiger partial charge on any atom is 0.332 e. The number of carbonyl (C=O) groups is 1. The third kappa shape index (κ3) is 3.75. The molecule has 9 heteroatoms. The van der Waals surface area contributed by atoms with Crippen molar-refractivity contribution in [1.29, 1.82) is 0 Å². The van der Waals surface area contributed by atoms with E-state index in [1.54, 1.807) is 21.5 Å². The second kappa shape index (κ2) is 8.93. The van der Waals surface area contributed by atoms with Gasteiger partial charge >= 0.3 is 5.97 Å². The molecule has 2 aromatic carbocycles. The molecule has 2 aromatic heterocycles. The third-order valence-corrected chi connectivity index (χ3v) is 6.15. The lowest BCUT2D eigenvalue weighted by molar-refractivity contribution is -0.140. The highest BCUT2D eigenvalue weighted by molar-refractivity contribution is 5.80. The summed E-state index contributed by atoms with van der Waals surface area (Å²) in [5.74, 6) is -0.369. The lowest BCUT2D eigenvalue weighted by Crippen LogP contribution is -2.32. The SMILES string of the molecule is CCCc1c(Cc2ccc(-c3ccccc3-c3nnn[nH]3)cc2)c(=O)n2n1C(C(=O)O)C=CC2. The molecule has 0 saturated carbocycles. The van der Waals surface area contributed by atoms with Crippen LogP contribution in [-0.4, -0.2) is 41.1 Å². The number of aromatic nitrogens is 6. The van der Waals surface area contributed by atoms with E-state index in [1.807, 2.05) is 55.5 Å². The number of allylic oxidation sites excluding steroid dienone is 1. The van der Waals surface area contributed by atoms with Crippen LogP contribution in [0.2, 0.25) is 0 Å². The van der Waals surface area contributed by atoms with Gasteiger partial charge in [0.1, 0.15) is 0 Å². The molecule has 5 rings (SSSR count). The molecule has 0 amide bonds. The fourth-order valence-corrected chi connectivity index (χ4v) is 4.61. The number of hydrogen-bond donors (Lipinski definition) is 2. The van der Waals surface area contributed by atoms with E-state index in [9.17, 15) is 14.7 Å². The summed E-state index contributed by atoms with van der Waals surface area (Å²) < 4.78 is 3.22. The normalized spacial score (nSPS) is 14.8. The first-order chi connectivity index (χ1) is 16.6. The highest BCUT2D eigenvalue weighted by atomic mass is 16.4. The van der Waals surface area contributed by atoms with Gasteiger partial charge in [-0.15, -0.1) is 5.10 Å². The maximum absolute atomic E-state index is 13.2. The number of nitrogens with zero attached hydrogens (tertiary/aromatic N) is 5. The number of nitrogens with one attached hydrogen (secondary N) is 1. The molecule has 0 aliphatic carbocycles. The van der Waals surface area contributed by atoms with Gasteiger partial charge in [-0.1, -0.05) is 74.0 Å². The van der Waals surface area contributed by atoms with E-state index in [0.717, 1.165) is 34.4 Å². The number of fused-ring (bicyclic) bond motifs is 1. The smallest absolute Gasteiger partial charge is 0.332 e. The lowest BCUT2D eigenvalue weighted by Gasteiger charge is -2.22. The number of aliphatic carboxylic acids is 1. The monoisotopic (exact) mass is 456 g/mol. The summed E-state index contributed by atoms with van der Waals surface area (Å²) in [6.45, 7) is 2.41. The highest BCUT2D eigenvalue weighted by Crippen LogP contribution is 2.30. The van der Waals surface area contributed by atoms with Crippen molar-refractivity contribution >= 4 is 5.97 Å². The van der Waals surface area contributed by atoms with Crippen LogP contribution in [0.25, 0.3) is 22.5 Å². The molecule has 0 fully saturated rings. The predicted molar refractivity (Wildman–Crippen MR) is 126 cm³/mol. The Bertz CT molecular complexity index is 1410. The van der Waals surface area contributed by atoms with Crippen molar-refractivity contribution in [2.24, 2.45) is 0 Å². The van der Waals surface area contributed by atoms with Crippen molar-refractivity contribution in [2.45, 2.75) is 38.8 Å². The number of carboxylic acid groups (broad SMARTS) is 1. The molecule has 0 bridgehead atoms. The van der Waals surface area contributed by atoms with Crippen molar-refractivity contribution in [3.8, 4) is 22.5 Å². The van der Waals surface area contributed by atoms with Gasteiger partial charge in [0.15, 0.2) is 11.9 Å². The number of benzene rings is 2. The maximum atomic E-state index is 13.2. The number of carboxylic acids is 1. The van der Waals surface area contributed by atoms with Gasteiger partial charge in [-0.05, 0) is 33.5 Å². The summed E-state index contributed by atoms with van der Waals surface area (Å²) >= 11 is 0. The quantitative estimate of drug-likeness (QED) is 0.412. The van der Waals surface area contributed by atoms with Gasteiger partial charge in [0, 0.05) is 23.2 Å². The topological polar surface area (TPSA) is 119 Å². The van der Waals surface area contributed by atoms with E-state index in [2.05, 4.69) is 20.6 Å². The van der Waals surface area contributed by atoms with Crippen LogP contribution in [0.1, 0.15) is 36.2 Å². The van der Waals surface area contributed by atoms with Crippen molar-refractivity contribution in [1.82, 2.24) is 30.0 Å². The number of aromatic amines is 1. The van der Waals surface area contributed by atoms with Crippen LogP contribution < -0.4 is 5.56 Å². The molecule has 2 N–H and O–H groups in total. The van der Waals surface area contributed by atoms with Gasteiger partial charge in [-0.25, -0.2) is 14.6 Å². The Labute approximate surface area is 195 Å². The third-order valence-electron chi connectivity index (χ3n) is 6.15. The Morgan fingerprint density at radius 3 is 2.59 bits per heavy atom. The molecule has 1 atom stereocenters. The van der Waals surface area contributed by atoms with Crippen molar-refractivity contribution in [3.05, 3.63) is 87.9 Å². The molecule has 1 unspecified atom stereocenters. The summed E-state index contributed by atoms with van der Waals surface area (Å²) in [5.41, 5.74) is 5.23. The Kier molecular flexibility index (Phi) is 5.67. The second-order valence-corrected chi connectivity index (χ2v) is 8.29. The molecule has 172 valence electrons. The molecule has 4 aromatic rings. The van der Waals surface area contributed by atoms with Crippen LogP contribution in [-0.2, 0) is 24.2 Å². The molecule has 0 saturated heterocycles. The molecule has 0 radical (unpaired) electrons. The minimum absolute atomic E-state index is 0.119. The molecule has 1 aliphatic heterocycles. The molecular formula is C25H24N6O3. The Morgan fingerprint density at radius 1 is 1.15 bits per heavy atom. The predicted octanol–water partition coefficient (Wildman–Crippen LogP) is 3.24. The van der Waals surface area contributed by atoms with Gasteiger partial charge in [-0.3, -0.25) is 9.48 Å². The number of rotatable bonds is 7. The Morgan fingerprint density at radius 2 is 1.91 bits per heavy atom. The van der Waals surface area contributed by atoms with E-state index >= 15 is 0 Å². The standard InChI is InChI=1S/C25H24N6O3/c1-2-6-21-20(24(32)30-14-5-9-22(25(33)34)31(21)30)15-16-10-12-17(13-11-16)18-7-3-4-8-19(18)23-26-28-29-27-23/h3-5,7-13,22H,2,6,14-15H2,1H3,(H,33,34)(H,26,27,28,29). The van der Waals surface area contributed by atoms with Crippen LogP contribution in [0, 0.1) is 0 Å². The summed E-state index contributed by atoms with van der Waals surface area (Å²) in [4.78, 5) is 25.1. The zero-order chi connectivity index (χ0) is 23.7. The van der Waals surface area contributed by atoms with Crippen LogP contribution in [0.3, 0.4) is 0 Å². The highest BCUT2D eigenvalue weighted by Gasteiger charge is 2.29. The minimum Gasteiger partial charge on any atom is -0.479 e. The van der Waals surface area contributed by atoms with E-state index in [1.165, 1.54) is 0 Å². The summed E-state index contributed by atoms with van der Waals surface area (Å²) in [7, 11) is 0. The first-order valence-corrected chi connectivity index (χ1v) is 11.2. The average molecular weight is 457 g/mol. The van der Waals surface area contributed by atoms with Crippen molar-refractivity contribution in [3.63, 3.8) is 0 Å². The fourth-order valence-electron chi connectivity index (χ4n) is 4.61. The van der Waals surface area contributed by atoms with E-state index < -0.39 is 12.0 Å². The summed E-state index contributed by atoms with van der Waals surface area (Å²) in [6.07, 6.45) is 5.31. The Balaban J connectivity index is 1.50. The van der Waals surface area contributed by atoms with Gasteiger partial charge in [0.05, 0.1) is 6.54 Å². The largest absolute Gasteiger partial charge is 0.479 e. The van der Waals surface area contributed by atoms with E-state index in [4.69, 9.17) is 0 Å². The fraction of sp³-hybridized carbons (Fsp3) is 0.240. The van der Waals surface area contributed by atoms with Crippen LogP contribution in [0.5, 0.6) is 0 Å². The first-order valence-electron chi connectivity index (χ1n) is 11.2. The van der Waals surface area contributed by atoms with Crippen molar-refractivity contribution < 1.29 is 9.90 Å².